The van der Waals surface area contributed by atoms with Gasteiger partial charge in [0.05, 0.1) is 5.52 Å². The molecule has 1 heterocycles. The zero-order valence-corrected chi connectivity index (χ0v) is 12.0. The summed E-state index contributed by atoms with van der Waals surface area (Å²) in [7, 11) is 0. The lowest BCUT2D eigenvalue weighted by Crippen LogP contribution is -2.36. The van der Waals surface area contributed by atoms with Crippen LogP contribution in [0.15, 0.2) is 24.4 Å². The van der Waals surface area contributed by atoms with Crippen molar-refractivity contribution in [3.63, 3.8) is 0 Å². The summed E-state index contributed by atoms with van der Waals surface area (Å²) >= 11 is 0. The summed E-state index contributed by atoms with van der Waals surface area (Å²) in [5.74, 6) is 0.100. The Morgan fingerprint density at radius 2 is 2.15 bits per heavy atom. The predicted molar refractivity (Wildman–Crippen MR) is 76.9 cm³/mol. The van der Waals surface area contributed by atoms with E-state index in [0.717, 1.165) is 16.5 Å². The lowest BCUT2D eigenvalue weighted by atomic mass is 10.1. The van der Waals surface area contributed by atoms with Gasteiger partial charge in [-0.05, 0) is 24.5 Å². The number of benzene rings is 1. The highest BCUT2D eigenvalue weighted by Crippen LogP contribution is 2.13. The monoisotopic (exact) mass is 273 g/mol. The van der Waals surface area contributed by atoms with Gasteiger partial charge in [-0.3, -0.25) is 4.79 Å². The number of carbonyl (C=O) groups excluding carboxylic acids is 1. The molecule has 0 aliphatic rings. The zero-order valence-electron chi connectivity index (χ0n) is 12.0. The molecule has 0 amide bonds. The first-order valence-corrected chi connectivity index (χ1v) is 6.62. The molecule has 0 bridgehead atoms. The Labute approximate surface area is 118 Å². The molecule has 106 valence electrons. The van der Waals surface area contributed by atoms with Crippen molar-refractivity contribution in [3.05, 3.63) is 35.8 Å². The van der Waals surface area contributed by atoms with Gasteiger partial charge in [-0.2, -0.15) is 0 Å². The lowest BCUT2D eigenvalue weighted by molar-refractivity contribution is -0.147. The molecule has 2 rings (SSSR count). The topological polar surface area (TPSA) is 78.1 Å². The molecular formula is C15H19N3O2. The maximum Gasteiger partial charge on any atom is 0.323 e. The molecule has 0 aliphatic carbocycles. The summed E-state index contributed by atoms with van der Waals surface area (Å²) in [6, 6.07) is 5.34. The SMILES string of the molecule is Cc1ccc2cnc(COC(=O)[C@@H](N)C(C)C)nc2c1. The Kier molecular flexibility index (Phi) is 4.29. The van der Waals surface area contributed by atoms with Crippen LogP contribution in [0.1, 0.15) is 25.2 Å². The Bertz CT molecular complexity index is 626. The molecule has 0 unspecified atom stereocenters. The molecular weight excluding hydrogens is 254 g/mol. The van der Waals surface area contributed by atoms with E-state index in [0.29, 0.717) is 5.82 Å². The van der Waals surface area contributed by atoms with Crippen molar-refractivity contribution in [2.24, 2.45) is 11.7 Å². The van der Waals surface area contributed by atoms with E-state index in [1.807, 2.05) is 39.0 Å². The van der Waals surface area contributed by atoms with Crippen LogP contribution in [0.5, 0.6) is 0 Å². The predicted octanol–water partition coefficient (Wildman–Crippen LogP) is 1.96. The van der Waals surface area contributed by atoms with E-state index in [9.17, 15) is 4.79 Å². The smallest absolute Gasteiger partial charge is 0.323 e. The van der Waals surface area contributed by atoms with Crippen molar-refractivity contribution in [1.82, 2.24) is 9.97 Å². The summed E-state index contributed by atoms with van der Waals surface area (Å²) in [6.45, 7) is 5.80. The summed E-state index contributed by atoms with van der Waals surface area (Å²) < 4.78 is 5.14. The van der Waals surface area contributed by atoms with Crippen LogP contribution in [0, 0.1) is 12.8 Å². The number of aromatic nitrogens is 2. The summed E-state index contributed by atoms with van der Waals surface area (Å²) in [4.78, 5) is 20.2. The lowest BCUT2D eigenvalue weighted by Gasteiger charge is -2.14. The fraction of sp³-hybridized carbons (Fsp3) is 0.400. The van der Waals surface area contributed by atoms with Crippen LogP contribution >= 0.6 is 0 Å². The molecule has 0 radical (unpaired) electrons. The molecule has 1 atom stereocenters. The third-order valence-corrected chi connectivity index (χ3v) is 3.12. The van der Waals surface area contributed by atoms with Gasteiger partial charge in [0.2, 0.25) is 0 Å². The van der Waals surface area contributed by atoms with Crippen LogP contribution in [0.2, 0.25) is 0 Å². The molecule has 20 heavy (non-hydrogen) atoms. The van der Waals surface area contributed by atoms with E-state index in [4.69, 9.17) is 10.5 Å². The Hall–Kier alpha value is -2.01. The number of fused-ring (bicyclic) bond motifs is 1. The Morgan fingerprint density at radius 3 is 2.85 bits per heavy atom. The number of nitrogens with zero attached hydrogens (tertiary/aromatic N) is 2. The van der Waals surface area contributed by atoms with Crippen LogP contribution in [-0.2, 0) is 16.1 Å². The van der Waals surface area contributed by atoms with E-state index in [1.54, 1.807) is 6.20 Å². The summed E-state index contributed by atoms with van der Waals surface area (Å²) in [5, 5.41) is 0.963. The highest BCUT2D eigenvalue weighted by Gasteiger charge is 2.19. The molecule has 5 heteroatoms. The first kappa shape index (κ1) is 14.4. The first-order chi connectivity index (χ1) is 9.47. The molecule has 1 aromatic heterocycles. The number of carbonyl (C=O) groups is 1. The quantitative estimate of drug-likeness (QED) is 0.862. The normalized spacial score (nSPS) is 12.7. The van der Waals surface area contributed by atoms with Crippen molar-refractivity contribution < 1.29 is 9.53 Å². The van der Waals surface area contributed by atoms with Gasteiger partial charge >= 0.3 is 5.97 Å². The third-order valence-electron chi connectivity index (χ3n) is 3.12. The van der Waals surface area contributed by atoms with Crippen molar-refractivity contribution in [2.75, 3.05) is 0 Å². The van der Waals surface area contributed by atoms with Crippen molar-refractivity contribution in [3.8, 4) is 0 Å². The number of aryl methyl sites for hydroxylation is 1. The Balaban J connectivity index is 2.08. The largest absolute Gasteiger partial charge is 0.456 e. The third kappa shape index (κ3) is 3.30. The van der Waals surface area contributed by atoms with Crippen LogP contribution < -0.4 is 5.73 Å². The summed E-state index contributed by atoms with van der Waals surface area (Å²) in [5.41, 5.74) is 7.69. The molecule has 1 aromatic carbocycles. The van der Waals surface area contributed by atoms with Gasteiger partial charge in [-0.1, -0.05) is 26.0 Å². The molecule has 2 aromatic rings. The first-order valence-electron chi connectivity index (χ1n) is 6.62. The van der Waals surface area contributed by atoms with Gasteiger partial charge in [0.15, 0.2) is 12.4 Å². The number of ether oxygens (including phenoxy) is 1. The minimum atomic E-state index is -0.613. The fourth-order valence-corrected chi connectivity index (χ4v) is 1.75. The zero-order chi connectivity index (χ0) is 14.7. The van der Waals surface area contributed by atoms with E-state index in [2.05, 4.69) is 9.97 Å². The number of hydrogen-bond acceptors (Lipinski definition) is 5. The highest BCUT2D eigenvalue weighted by atomic mass is 16.5. The fourth-order valence-electron chi connectivity index (χ4n) is 1.75. The van der Waals surface area contributed by atoms with Gasteiger partial charge in [0, 0.05) is 11.6 Å². The Morgan fingerprint density at radius 1 is 1.40 bits per heavy atom. The number of rotatable bonds is 4. The molecule has 0 saturated heterocycles. The van der Waals surface area contributed by atoms with Crippen molar-refractivity contribution >= 4 is 16.9 Å². The van der Waals surface area contributed by atoms with Gasteiger partial charge in [-0.15, -0.1) is 0 Å². The van der Waals surface area contributed by atoms with Gasteiger partial charge in [0.25, 0.3) is 0 Å². The van der Waals surface area contributed by atoms with Crippen LogP contribution in [0.25, 0.3) is 10.9 Å². The molecule has 5 nitrogen and oxygen atoms in total. The second-order valence-corrected chi connectivity index (χ2v) is 5.23. The average molecular weight is 273 g/mol. The van der Waals surface area contributed by atoms with Crippen LogP contribution in [0.3, 0.4) is 0 Å². The average Bonchev–Trinajstić information content (AvgIpc) is 2.43. The molecule has 2 N–H and O–H groups in total. The standard InChI is InChI=1S/C15H19N3O2/c1-9(2)14(16)15(19)20-8-13-17-7-11-5-4-10(3)6-12(11)18-13/h4-7,9,14H,8,16H2,1-3H3/t14-/m0/s1. The van der Waals surface area contributed by atoms with Gasteiger partial charge in [-0.25, -0.2) is 9.97 Å². The molecule has 0 saturated carbocycles. The molecule has 0 fully saturated rings. The number of esters is 1. The second-order valence-electron chi connectivity index (χ2n) is 5.23. The maximum absolute atomic E-state index is 11.7. The minimum Gasteiger partial charge on any atom is -0.456 e. The van der Waals surface area contributed by atoms with E-state index >= 15 is 0 Å². The molecule has 0 spiro atoms. The summed E-state index contributed by atoms with van der Waals surface area (Å²) in [6.07, 6.45) is 1.73. The second kappa shape index (κ2) is 5.96. The van der Waals surface area contributed by atoms with E-state index < -0.39 is 12.0 Å². The van der Waals surface area contributed by atoms with Gasteiger partial charge in [0.1, 0.15) is 6.04 Å². The van der Waals surface area contributed by atoms with Gasteiger partial charge < -0.3 is 10.5 Å². The highest BCUT2D eigenvalue weighted by molar-refractivity contribution is 5.78. The maximum atomic E-state index is 11.7. The van der Waals surface area contributed by atoms with E-state index in [1.165, 1.54) is 0 Å². The van der Waals surface area contributed by atoms with Crippen LogP contribution in [-0.4, -0.2) is 22.0 Å². The number of nitrogens with two attached hydrogens (primary N) is 1. The van der Waals surface area contributed by atoms with Crippen molar-refractivity contribution in [1.29, 1.82) is 0 Å². The number of hydrogen-bond donors (Lipinski definition) is 1. The minimum absolute atomic E-state index is 0.0441. The van der Waals surface area contributed by atoms with Crippen molar-refractivity contribution in [2.45, 2.75) is 33.4 Å². The van der Waals surface area contributed by atoms with Crippen LogP contribution in [0.4, 0.5) is 0 Å². The van der Waals surface area contributed by atoms with E-state index in [-0.39, 0.29) is 12.5 Å². The molecule has 0 aliphatic heterocycles.